The van der Waals surface area contributed by atoms with Gasteiger partial charge in [-0.1, -0.05) is 12.0 Å². The van der Waals surface area contributed by atoms with Crippen molar-refractivity contribution in [2.45, 2.75) is 12.2 Å². The highest BCUT2D eigenvalue weighted by atomic mass is 32.2. The average molecular weight is 269 g/mol. The molecule has 1 N–H and O–H groups in total. The fourth-order valence-corrected chi connectivity index (χ4v) is 2.28. The lowest BCUT2D eigenvalue weighted by molar-refractivity contribution is -0.118. The Balaban J connectivity index is 2.58. The zero-order valence-electron chi connectivity index (χ0n) is 9.87. The van der Waals surface area contributed by atoms with Crippen LogP contribution in [-0.4, -0.2) is 18.2 Å². The number of hydrogen-bond acceptors (Lipinski definition) is 2. The van der Waals surface area contributed by atoms with Crippen LogP contribution in [0.1, 0.15) is 17.7 Å². The Morgan fingerprint density at radius 3 is 2.67 bits per heavy atom. The predicted octanol–water partition coefficient (Wildman–Crippen LogP) is 2.51. The molecule has 0 saturated heterocycles. The largest absolute Gasteiger partial charge is 0.344 e. The summed E-state index contributed by atoms with van der Waals surface area (Å²) in [7, 11) is 0. The number of carbonyl (C=O) groups excluding carboxylic acids is 1. The quantitative estimate of drug-likeness (QED) is 0.832. The van der Waals surface area contributed by atoms with E-state index in [2.05, 4.69) is 11.2 Å². The molecule has 96 valence electrons. The number of rotatable bonds is 5. The minimum Gasteiger partial charge on any atom is -0.344 e. The molecular formula is C13H13F2NOS. The van der Waals surface area contributed by atoms with E-state index >= 15 is 0 Å². The van der Waals surface area contributed by atoms with Crippen LogP contribution in [0.3, 0.4) is 0 Å². The number of amides is 1. The van der Waals surface area contributed by atoms with E-state index < -0.39 is 16.9 Å². The van der Waals surface area contributed by atoms with E-state index in [-0.39, 0.29) is 23.8 Å². The Hall–Kier alpha value is -1.54. The molecule has 1 atom stereocenters. The Kier molecular flexibility index (Phi) is 5.66. The van der Waals surface area contributed by atoms with Crippen LogP contribution in [0.5, 0.6) is 0 Å². The molecule has 0 aliphatic heterocycles. The molecule has 1 amide bonds. The Labute approximate surface area is 109 Å². The molecule has 1 rings (SSSR count). The first-order chi connectivity index (χ1) is 8.56. The molecule has 18 heavy (non-hydrogen) atoms. The molecule has 0 aliphatic carbocycles. The van der Waals surface area contributed by atoms with Gasteiger partial charge in [-0.3, -0.25) is 4.79 Å². The topological polar surface area (TPSA) is 29.1 Å². The van der Waals surface area contributed by atoms with Crippen LogP contribution in [-0.2, 0) is 4.79 Å². The first-order valence-electron chi connectivity index (χ1n) is 5.32. The van der Waals surface area contributed by atoms with Crippen molar-refractivity contribution in [3.8, 4) is 12.3 Å². The van der Waals surface area contributed by atoms with Gasteiger partial charge in [-0.25, -0.2) is 8.78 Å². The second kappa shape index (κ2) is 7.02. The third-order valence-corrected chi connectivity index (χ3v) is 3.42. The molecule has 0 aromatic heterocycles. The molecule has 0 saturated carbocycles. The molecule has 1 aromatic carbocycles. The summed E-state index contributed by atoms with van der Waals surface area (Å²) in [5, 5.41) is 2.04. The Bertz CT molecular complexity index is 450. The Morgan fingerprint density at radius 2 is 2.11 bits per heavy atom. The van der Waals surface area contributed by atoms with Gasteiger partial charge >= 0.3 is 0 Å². The third-order valence-electron chi connectivity index (χ3n) is 2.26. The van der Waals surface area contributed by atoms with Crippen molar-refractivity contribution in [1.82, 2.24) is 5.32 Å². The monoisotopic (exact) mass is 269 g/mol. The summed E-state index contributed by atoms with van der Waals surface area (Å²) in [5.74, 6) is 0.938. The van der Waals surface area contributed by atoms with Crippen LogP contribution < -0.4 is 5.32 Å². The summed E-state index contributed by atoms with van der Waals surface area (Å²) >= 11 is 1.16. The van der Waals surface area contributed by atoms with E-state index in [0.29, 0.717) is 0 Å². The van der Waals surface area contributed by atoms with Gasteiger partial charge in [0.1, 0.15) is 11.6 Å². The van der Waals surface area contributed by atoms with Gasteiger partial charge in [-0.15, -0.1) is 18.2 Å². The highest BCUT2D eigenvalue weighted by molar-refractivity contribution is 8.00. The SMILES string of the molecule is C#CCNC(=O)CSC(C)c1c(F)cccc1F. The molecule has 0 aliphatic rings. The van der Waals surface area contributed by atoms with Gasteiger partial charge < -0.3 is 5.32 Å². The first-order valence-corrected chi connectivity index (χ1v) is 6.36. The minimum atomic E-state index is -0.598. The first kappa shape index (κ1) is 14.5. The van der Waals surface area contributed by atoms with Crippen molar-refractivity contribution in [3.05, 3.63) is 35.4 Å². The van der Waals surface area contributed by atoms with Gasteiger partial charge in [0.25, 0.3) is 0 Å². The van der Waals surface area contributed by atoms with Crippen molar-refractivity contribution >= 4 is 17.7 Å². The smallest absolute Gasteiger partial charge is 0.230 e. The number of terminal acetylenes is 1. The van der Waals surface area contributed by atoms with E-state index in [1.807, 2.05) is 0 Å². The zero-order chi connectivity index (χ0) is 13.5. The van der Waals surface area contributed by atoms with Crippen molar-refractivity contribution < 1.29 is 13.6 Å². The lowest BCUT2D eigenvalue weighted by Crippen LogP contribution is -2.25. The summed E-state index contributed by atoms with van der Waals surface area (Å²) in [5.41, 5.74) is -0.00718. The van der Waals surface area contributed by atoms with Crippen LogP contribution in [0, 0.1) is 24.0 Å². The number of benzene rings is 1. The van der Waals surface area contributed by atoms with E-state index in [9.17, 15) is 13.6 Å². The molecule has 0 radical (unpaired) electrons. The fraction of sp³-hybridized carbons (Fsp3) is 0.308. The van der Waals surface area contributed by atoms with Gasteiger partial charge in [0.15, 0.2) is 0 Å². The number of halogens is 2. The molecule has 0 heterocycles. The van der Waals surface area contributed by atoms with Gasteiger partial charge in [0.2, 0.25) is 5.91 Å². The molecule has 5 heteroatoms. The van der Waals surface area contributed by atoms with Crippen LogP contribution in [0.15, 0.2) is 18.2 Å². The van der Waals surface area contributed by atoms with Crippen molar-refractivity contribution in [1.29, 1.82) is 0 Å². The Morgan fingerprint density at radius 1 is 1.50 bits per heavy atom. The molecule has 1 unspecified atom stereocenters. The van der Waals surface area contributed by atoms with E-state index in [1.54, 1.807) is 6.92 Å². The summed E-state index contributed by atoms with van der Waals surface area (Å²) in [6, 6.07) is 3.72. The number of thioether (sulfide) groups is 1. The highest BCUT2D eigenvalue weighted by Gasteiger charge is 2.17. The van der Waals surface area contributed by atoms with Crippen LogP contribution in [0.25, 0.3) is 0 Å². The predicted molar refractivity (Wildman–Crippen MR) is 69.1 cm³/mol. The van der Waals surface area contributed by atoms with E-state index in [0.717, 1.165) is 11.8 Å². The summed E-state index contributed by atoms with van der Waals surface area (Å²) in [6.45, 7) is 1.81. The van der Waals surface area contributed by atoms with Crippen LogP contribution in [0.4, 0.5) is 8.78 Å². The highest BCUT2D eigenvalue weighted by Crippen LogP contribution is 2.31. The minimum absolute atomic E-state index is 0.00718. The van der Waals surface area contributed by atoms with Crippen molar-refractivity contribution in [3.63, 3.8) is 0 Å². The molecule has 2 nitrogen and oxygen atoms in total. The molecule has 0 bridgehead atoms. The van der Waals surface area contributed by atoms with Crippen molar-refractivity contribution in [2.24, 2.45) is 0 Å². The van der Waals surface area contributed by atoms with Crippen LogP contribution >= 0.6 is 11.8 Å². The standard InChI is InChI=1S/C13H13F2NOS/c1-3-7-16-12(17)8-18-9(2)13-10(14)5-4-6-11(13)15/h1,4-6,9H,7-8H2,2H3,(H,16,17). The van der Waals surface area contributed by atoms with Gasteiger partial charge in [0, 0.05) is 10.8 Å². The van der Waals surface area contributed by atoms with Gasteiger partial charge in [0.05, 0.1) is 12.3 Å². The van der Waals surface area contributed by atoms with E-state index in [1.165, 1.54) is 18.2 Å². The summed E-state index contributed by atoms with van der Waals surface area (Å²) < 4.78 is 26.9. The fourth-order valence-electron chi connectivity index (χ4n) is 1.38. The molecule has 1 aromatic rings. The van der Waals surface area contributed by atoms with Gasteiger partial charge in [-0.2, -0.15) is 0 Å². The second-order valence-corrected chi connectivity index (χ2v) is 4.90. The molecule has 0 fully saturated rings. The lowest BCUT2D eigenvalue weighted by Gasteiger charge is -2.13. The second-order valence-electron chi connectivity index (χ2n) is 3.57. The third kappa shape index (κ3) is 4.04. The summed E-state index contributed by atoms with van der Waals surface area (Å²) in [4.78, 5) is 11.3. The summed E-state index contributed by atoms with van der Waals surface area (Å²) in [6.07, 6.45) is 4.99. The van der Waals surface area contributed by atoms with E-state index in [4.69, 9.17) is 6.42 Å². The molecular weight excluding hydrogens is 256 g/mol. The van der Waals surface area contributed by atoms with Gasteiger partial charge in [-0.05, 0) is 19.1 Å². The zero-order valence-corrected chi connectivity index (χ0v) is 10.7. The number of carbonyl (C=O) groups is 1. The molecule has 0 spiro atoms. The number of hydrogen-bond donors (Lipinski definition) is 1. The maximum absolute atomic E-state index is 13.4. The lowest BCUT2D eigenvalue weighted by atomic mass is 10.1. The average Bonchev–Trinajstić information content (AvgIpc) is 2.33. The maximum atomic E-state index is 13.4. The normalized spacial score (nSPS) is 11.7. The van der Waals surface area contributed by atoms with Crippen molar-refractivity contribution in [2.75, 3.05) is 12.3 Å². The number of nitrogens with one attached hydrogen (secondary N) is 1. The maximum Gasteiger partial charge on any atom is 0.230 e. The van der Waals surface area contributed by atoms with Crippen LogP contribution in [0.2, 0.25) is 0 Å².